The van der Waals surface area contributed by atoms with Crippen LogP contribution >= 0.6 is 11.6 Å². The highest BCUT2D eigenvalue weighted by Crippen LogP contribution is 2.49. The van der Waals surface area contributed by atoms with Crippen molar-refractivity contribution in [3.63, 3.8) is 0 Å². The van der Waals surface area contributed by atoms with Gasteiger partial charge in [-0.05, 0) is 90.1 Å². The Morgan fingerprint density at radius 1 is 0.915 bits per heavy atom. The number of methoxy groups -OCH3 is 1. The van der Waals surface area contributed by atoms with E-state index in [-0.39, 0.29) is 45.5 Å². The Morgan fingerprint density at radius 2 is 1.53 bits per heavy atom. The summed E-state index contributed by atoms with van der Waals surface area (Å²) in [5.41, 5.74) is 5.01. The van der Waals surface area contributed by atoms with E-state index in [1.165, 1.54) is 43.1 Å². The molecular weight excluding hydrogens is 636 g/mol. The summed E-state index contributed by atoms with van der Waals surface area (Å²) in [6.07, 6.45) is 7.63. The van der Waals surface area contributed by atoms with Crippen LogP contribution in [0.25, 0.3) is 0 Å². The smallest absolute Gasteiger partial charge is 0.305 e. The molecule has 1 aliphatic rings. The Kier molecular flexibility index (Phi) is 14.0. The minimum absolute atomic E-state index is 0.0110. The average molecular weight is 702 g/mol. The van der Waals surface area contributed by atoms with Gasteiger partial charge in [0.25, 0.3) is 0 Å². The first kappa shape index (κ1) is 40.0. The lowest BCUT2D eigenvalue weighted by Gasteiger charge is -2.40. The lowest BCUT2D eigenvalue weighted by atomic mass is 9.83. The topological polar surface area (TPSA) is 44.8 Å². The summed E-state index contributed by atoms with van der Waals surface area (Å²) in [6.45, 7) is 25.6. The molecule has 264 valence electrons. The quantitative estimate of drug-likeness (QED) is 0.0803. The number of hydrogen-bond acceptors (Lipinski definition) is 4. The van der Waals surface area contributed by atoms with Crippen LogP contribution < -0.4 is 0 Å². The van der Waals surface area contributed by atoms with Crippen molar-refractivity contribution < 1.29 is 18.4 Å². The Morgan fingerprint density at radius 3 is 2.11 bits per heavy atom. The second-order valence-electron chi connectivity index (χ2n) is 17.0. The van der Waals surface area contributed by atoms with Crippen molar-refractivity contribution in [2.24, 2.45) is 5.92 Å². The molecule has 0 heterocycles. The van der Waals surface area contributed by atoms with Crippen LogP contribution in [0.3, 0.4) is 0 Å². The molecule has 0 radical (unpaired) electrons. The number of alkyl halides is 1. The molecule has 0 amide bonds. The zero-order valence-electron chi connectivity index (χ0n) is 31.7. The molecule has 1 fully saturated rings. The number of esters is 1. The molecule has 0 saturated heterocycles. The molecule has 2 aromatic rings. The number of carbonyl (C=O) groups is 1. The fraction of sp³-hybridized carbons (Fsp3) is 0.675. The highest BCUT2D eigenvalue weighted by molar-refractivity contribution is 6.74. The number of carbonyl (C=O) groups excluding carboxylic acids is 1. The second-order valence-corrected chi connectivity index (χ2v) is 27.1. The predicted molar refractivity (Wildman–Crippen MR) is 205 cm³/mol. The summed E-state index contributed by atoms with van der Waals surface area (Å²) < 4.78 is 19.1. The molecule has 4 nitrogen and oxygen atoms in total. The summed E-state index contributed by atoms with van der Waals surface area (Å²) in [7, 11) is -2.54. The van der Waals surface area contributed by atoms with E-state index in [9.17, 15) is 4.79 Å². The first-order valence-corrected chi connectivity index (χ1v) is 24.3. The summed E-state index contributed by atoms with van der Waals surface area (Å²) in [4.78, 5) is 11.8. The van der Waals surface area contributed by atoms with Crippen molar-refractivity contribution in [2.75, 3.05) is 7.11 Å². The number of aryl methyl sites for hydroxylation is 1. The number of benzene rings is 2. The third-order valence-electron chi connectivity index (χ3n) is 11.4. The van der Waals surface area contributed by atoms with Gasteiger partial charge in [0.1, 0.15) is 0 Å². The van der Waals surface area contributed by atoms with E-state index in [0.717, 1.165) is 24.8 Å². The largest absolute Gasteiger partial charge is 0.469 e. The van der Waals surface area contributed by atoms with Crippen LogP contribution in [0, 0.1) is 5.92 Å². The SMILES string of the molecule is CCCCCC(O[Si](C)(C)C(C)(C)C)c1ccc([C@@H]2C(Cc3cccc(CCC(=O)OC)c3)[C@H](Cl)C[C@H]2O[Si](C)(C)C(C)(C)C)cc1. The molecule has 2 unspecified atom stereocenters. The maximum atomic E-state index is 11.8. The molecule has 5 atom stereocenters. The summed E-state index contributed by atoms with van der Waals surface area (Å²) >= 11 is 7.30. The van der Waals surface area contributed by atoms with Crippen LogP contribution in [0.2, 0.25) is 36.3 Å². The summed E-state index contributed by atoms with van der Waals surface area (Å²) in [5.74, 6) is 0.250. The molecule has 2 aromatic carbocycles. The van der Waals surface area contributed by atoms with Crippen LogP contribution in [-0.4, -0.2) is 41.2 Å². The van der Waals surface area contributed by atoms with E-state index < -0.39 is 16.6 Å². The molecule has 0 N–H and O–H groups in total. The van der Waals surface area contributed by atoms with E-state index in [2.05, 4.69) is 123 Å². The first-order chi connectivity index (χ1) is 21.8. The van der Waals surface area contributed by atoms with Gasteiger partial charge in [0.2, 0.25) is 0 Å². The standard InChI is InChI=1S/C40H65ClO4Si2/c1-13-14-15-19-35(44-46(9,10)39(2,3)4)31-21-23-32(24-22-31)38-33(34(41)28-36(38)45-47(11,12)40(5,6)7)27-30-18-16-17-29(26-30)20-25-37(42)43-8/h16-18,21-24,26,33-36,38H,13-15,19-20,25,27-28H2,1-12H3/t33?,34-,35?,36-,38-/m1/s1. The molecule has 1 saturated carbocycles. The fourth-order valence-corrected chi connectivity index (χ4v) is 9.40. The molecule has 0 aromatic heterocycles. The van der Waals surface area contributed by atoms with Gasteiger partial charge < -0.3 is 13.6 Å². The van der Waals surface area contributed by atoms with Gasteiger partial charge in [-0.25, -0.2) is 0 Å². The third-order valence-corrected chi connectivity index (χ3v) is 20.8. The van der Waals surface area contributed by atoms with Crippen LogP contribution in [0.1, 0.15) is 121 Å². The maximum Gasteiger partial charge on any atom is 0.305 e. The van der Waals surface area contributed by atoms with Crippen molar-refractivity contribution >= 4 is 34.2 Å². The van der Waals surface area contributed by atoms with Gasteiger partial charge in [0.05, 0.1) is 19.3 Å². The lowest BCUT2D eigenvalue weighted by Crippen LogP contribution is -2.44. The molecule has 0 aliphatic heterocycles. The van der Waals surface area contributed by atoms with E-state index in [1.54, 1.807) is 0 Å². The molecule has 3 rings (SSSR count). The van der Waals surface area contributed by atoms with Gasteiger partial charge in [-0.1, -0.05) is 116 Å². The first-order valence-electron chi connectivity index (χ1n) is 18.0. The number of hydrogen-bond donors (Lipinski definition) is 0. The van der Waals surface area contributed by atoms with Gasteiger partial charge in [-0.3, -0.25) is 4.79 Å². The maximum absolute atomic E-state index is 11.8. The minimum Gasteiger partial charge on any atom is -0.469 e. The van der Waals surface area contributed by atoms with Gasteiger partial charge in [0.15, 0.2) is 16.6 Å². The van der Waals surface area contributed by atoms with Crippen LogP contribution in [0.15, 0.2) is 48.5 Å². The van der Waals surface area contributed by atoms with Crippen molar-refractivity contribution in [1.29, 1.82) is 0 Å². The highest BCUT2D eigenvalue weighted by atomic mass is 35.5. The second kappa shape index (κ2) is 16.5. The van der Waals surface area contributed by atoms with Gasteiger partial charge in [-0.15, -0.1) is 11.6 Å². The Hall–Kier alpha value is -1.45. The number of unbranched alkanes of at least 4 members (excludes halogenated alkanes) is 2. The van der Waals surface area contributed by atoms with Gasteiger partial charge in [-0.2, -0.15) is 0 Å². The van der Waals surface area contributed by atoms with Crippen LogP contribution in [0.4, 0.5) is 0 Å². The van der Waals surface area contributed by atoms with Crippen molar-refractivity contribution in [1.82, 2.24) is 0 Å². The monoisotopic (exact) mass is 700 g/mol. The van der Waals surface area contributed by atoms with E-state index in [1.807, 2.05) is 0 Å². The van der Waals surface area contributed by atoms with Crippen LogP contribution in [0.5, 0.6) is 0 Å². The van der Waals surface area contributed by atoms with Crippen molar-refractivity contribution in [2.45, 2.75) is 160 Å². The van der Waals surface area contributed by atoms with Crippen LogP contribution in [-0.2, 0) is 31.2 Å². The summed E-state index contributed by atoms with van der Waals surface area (Å²) in [5, 5.41) is 0.284. The predicted octanol–water partition coefficient (Wildman–Crippen LogP) is 11.8. The van der Waals surface area contributed by atoms with E-state index in [0.29, 0.717) is 12.8 Å². The van der Waals surface area contributed by atoms with E-state index >= 15 is 0 Å². The molecule has 47 heavy (non-hydrogen) atoms. The molecule has 0 bridgehead atoms. The van der Waals surface area contributed by atoms with Gasteiger partial charge >= 0.3 is 5.97 Å². The Bertz CT molecular complexity index is 1280. The summed E-state index contributed by atoms with van der Waals surface area (Å²) in [6, 6.07) is 18.0. The Balaban J connectivity index is 1.97. The number of ether oxygens (including phenoxy) is 1. The molecule has 0 spiro atoms. The normalized spacial score (nSPS) is 21.6. The average Bonchev–Trinajstić information content (AvgIpc) is 3.27. The molecule has 7 heteroatoms. The third kappa shape index (κ3) is 10.8. The van der Waals surface area contributed by atoms with Gasteiger partial charge in [0, 0.05) is 17.7 Å². The van der Waals surface area contributed by atoms with Crippen molar-refractivity contribution in [3.8, 4) is 0 Å². The zero-order chi connectivity index (χ0) is 35.2. The molecule has 1 aliphatic carbocycles. The van der Waals surface area contributed by atoms with E-state index in [4.69, 9.17) is 25.2 Å². The van der Waals surface area contributed by atoms with Crippen molar-refractivity contribution in [3.05, 3.63) is 70.8 Å². The molecular formula is C40H65ClO4Si2. The lowest BCUT2D eigenvalue weighted by molar-refractivity contribution is -0.140. The minimum atomic E-state index is -2.04. The number of halogens is 1. The zero-order valence-corrected chi connectivity index (χ0v) is 34.4. The highest BCUT2D eigenvalue weighted by Gasteiger charge is 2.48. The number of rotatable bonds is 15. The Labute approximate surface area is 295 Å². The fourth-order valence-electron chi connectivity index (χ4n) is 6.31.